The highest BCUT2D eigenvalue weighted by atomic mass is 16.6. The van der Waals surface area contributed by atoms with Gasteiger partial charge in [0.05, 0.1) is 31.0 Å². The third-order valence-corrected chi connectivity index (χ3v) is 10.6. The summed E-state index contributed by atoms with van der Waals surface area (Å²) in [7, 11) is 0. The van der Waals surface area contributed by atoms with Gasteiger partial charge in [0.25, 0.3) is 0 Å². The van der Waals surface area contributed by atoms with Crippen molar-refractivity contribution in [2.75, 3.05) is 0 Å². The van der Waals surface area contributed by atoms with Crippen molar-refractivity contribution in [2.24, 2.45) is 17.6 Å². The molecule has 0 bridgehead atoms. The zero-order valence-corrected chi connectivity index (χ0v) is 35.7. The fourth-order valence-electron chi connectivity index (χ4n) is 7.56. The van der Waals surface area contributed by atoms with Gasteiger partial charge in [-0.15, -0.1) is 0 Å². The van der Waals surface area contributed by atoms with Crippen LogP contribution < -0.4 is 32.3 Å². The van der Waals surface area contributed by atoms with Crippen molar-refractivity contribution in [3.63, 3.8) is 0 Å². The summed E-state index contributed by atoms with van der Waals surface area (Å²) < 4.78 is 5.27. The van der Waals surface area contributed by atoms with Gasteiger partial charge >= 0.3 is 6.09 Å². The Labute approximate surface area is 358 Å². The van der Waals surface area contributed by atoms with E-state index in [9.17, 15) is 33.9 Å². The van der Waals surface area contributed by atoms with Crippen molar-refractivity contribution < 1.29 is 38.6 Å². The van der Waals surface area contributed by atoms with Crippen LogP contribution in [0.25, 0.3) is 0 Å². The maximum atomic E-state index is 14.3. The van der Waals surface area contributed by atoms with Crippen molar-refractivity contribution in [3.05, 3.63) is 90.0 Å². The van der Waals surface area contributed by atoms with Crippen LogP contribution in [0.1, 0.15) is 95.9 Å². The summed E-state index contributed by atoms with van der Waals surface area (Å²) in [4.78, 5) is 87.6. The smallest absolute Gasteiger partial charge is 0.408 e. The van der Waals surface area contributed by atoms with Gasteiger partial charge in [0, 0.05) is 31.2 Å². The highest BCUT2D eigenvalue weighted by molar-refractivity contribution is 5.93. The molecule has 1 saturated carbocycles. The molecule has 1 fully saturated rings. The number of H-pyrrole nitrogens is 1. The lowest BCUT2D eigenvalue weighted by atomic mass is 9.83. The van der Waals surface area contributed by atoms with Gasteiger partial charge in [-0.25, -0.2) is 9.78 Å². The molecular weight excluding hydrogens is 781 g/mol. The maximum absolute atomic E-state index is 14.3. The second-order valence-corrected chi connectivity index (χ2v) is 16.7. The van der Waals surface area contributed by atoms with Gasteiger partial charge < -0.3 is 47.1 Å². The number of aliphatic hydroxyl groups is 1. The molecule has 0 aliphatic heterocycles. The van der Waals surface area contributed by atoms with Crippen LogP contribution in [-0.2, 0) is 48.0 Å². The van der Waals surface area contributed by atoms with Crippen molar-refractivity contribution in [1.29, 1.82) is 0 Å². The van der Waals surface area contributed by atoms with Crippen LogP contribution in [0, 0.1) is 11.8 Å². The summed E-state index contributed by atoms with van der Waals surface area (Å²) in [6, 6.07) is 13.0. The number of hydrogen-bond acceptors (Lipinski definition) is 9. The fourth-order valence-corrected chi connectivity index (χ4v) is 7.56. The van der Waals surface area contributed by atoms with E-state index in [1.54, 1.807) is 13.8 Å². The molecule has 0 spiro atoms. The number of amides is 6. The molecule has 16 nitrogen and oxygen atoms in total. The zero-order chi connectivity index (χ0) is 44.3. The Balaban J connectivity index is 1.51. The van der Waals surface area contributed by atoms with Crippen LogP contribution in [0.5, 0.6) is 0 Å². The molecule has 61 heavy (non-hydrogen) atoms. The number of primary amides is 1. The quantitative estimate of drug-likeness (QED) is 0.0698. The molecule has 1 aromatic heterocycles. The second kappa shape index (κ2) is 24.5. The zero-order valence-electron chi connectivity index (χ0n) is 35.7. The van der Waals surface area contributed by atoms with E-state index < -0.39 is 84.5 Å². The van der Waals surface area contributed by atoms with Crippen molar-refractivity contribution in [3.8, 4) is 0 Å². The van der Waals surface area contributed by atoms with Gasteiger partial charge in [0.2, 0.25) is 29.5 Å². The molecule has 16 heteroatoms. The molecule has 6 amide bonds. The van der Waals surface area contributed by atoms with Gasteiger partial charge in [-0.2, -0.15) is 0 Å². The van der Waals surface area contributed by atoms with E-state index >= 15 is 0 Å². The number of alkyl carbamates (subject to hydrolysis) is 1. The third kappa shape index (κ3) is 17.0. The number of carbonyl (C=O) groups excluding carboxylic acids is 6. The minimum absolute atomic E-state index is 0.00135. The summed E-state index contributed by atoms with van der Waals surface area (Å²) >= 11 is 0. The minimum atomic E-state index is -1.37. The first-order valence-electron chi connectivity index (χ1n) is 21.4. The minimum Gasteiger partial charge on any atom is -0.447 e. The molecular formula is C45H64N8O8. The Morgan fingerprint density at radius 2 is 1.30 bits per heavy atom. The number of nitrogens with zero attached hydrogens (tertiary/aromatic N) is 1. The highest BCUT2D eigenvalue weighted by Gasteiger charge is 2.34. The van der Waals surface area contributed by atoms with Crippen LogP contribution in [0.15, 0.2) is 73.2 Å². The standard InChI is InChI=1S/C45H64N8O8/c1-28(2)20-36(42(57)51-35(41(46)56)22-31-16-10-6-11-17-31)49-40(55)25-39(54)34(21-30-14-8-5-9-15-30)50-44(59)38(24-33-26-47-27-48-33)52-43(58)37(53-45(60)61-29(3)4)23-32-18-12-7-13-19-32/h6-7,10-13,16-19,26-30,34-39,54H,5,8-9,14-15,20-25H2,1-4H3,(H2,46,56)(H,47,48)(H,49,55)(H,50,59)(H,51,57)(H,52,58)(H,53,60)/t34-,35-,36-,37-,38-,39-/m0/s1. The molecule has 6 atom stereocenters. The van der Waals surface area contributed by atoms with E-state index in [1.165, 1.54) is 12.5 Å². The number of carbonyl (C=O) groups is 6. The van der Waals surface area contributed by atoms with Crippen LogP contribution in [0.2, 0.25) is 0 Å². The lowest BCUT2D eigenvalue weighted by Gasteiger charge is -2.32. The molecule has 0 saturated heterocycles. The first-order valence-corrected chi connectivity index (χ1v) is 21.4. The Hall–Kier alpha value is -5.77. The van der Waals surface area contributed by atoms with Gasteiger partial charge in [0.15, 0.2) is 0 Å². The molecule has 1 heterocycles. The number of imidazole rings is 1. The molecule has 332 valence electrons. The molecule has 9 N–H and O–H groups in total. The summed E-state index contributed by atoms with van der Waals surface area (Å²) in [6.45, 7) is 7.16. The van der Waals surface area contributed by atoms with Crippen LogP contribution >= 0.6 is 0 Å². The maximum Gasteiger partial charge on any atom is 0.408 e. The van der Waals surface area contributed by atoms with Crippen LogP contribution in [0.4, 0.5) is 4.79 Å². The van der Waals surface area contributed by atoms with Gasteiger partial charge in [-0.3, -0.25) is 24.0 Å². The summed E-state index contributed by atoms with van der Waals surface area (Å²) in [6.07, 6.45) is 5.70. The largest absolute Gasteiger partial charge is 0.447 e. The first kappa shape index (κ1) is 47.9. The number of aliphatic hydroxyl groups excluding tert-OH is 1. The SMILES string of the molecule is CC(C)C[C@H](NC(=O)C[C@H](O)[C@H](CC1CCCCC1)NC(=O)[C@H](Cc1cnc[nH]1)NC(=O)[C@H](Cc1ccccc1)NC(=O)OC(C)C)C(=O)N[C@@H](Cc1ccccc1)C(N)=O. The first-order chi connectivity index (χ1) is 29.2. The van der Waals surface area contributed by atoms with Gasteiger partial charge in [-0.1, -0.05) is 107 Å². The monoisotopic (exact) mass is 844 g/mol. The number of nitrogens with one attached hydrogen (secondary N) is 6. The predicted molar refractivity (Wildman–Crippen MR) is 229 cm³/mol. The number of ether oxygens (including phenoxy) is 1. The molecule has 0 unspecified atom stereocenters. The number of rotatable bonds is 23. The van der Waals surface area contributed by atoms with Crippen LogP contribution in [-0.4, -0.2) is 93.1 Å². The Morgan fingerprint density at radius 1 is 0.738 bits per heavy atom. The summed E-state index contributed by atoms with van der Waals surface area (Å²) in [5, 5.41) is 25.6. The second-order valence-electron chi connectivity index (χ2n) is 16.7. The number of nitrogens with two attached hydrogens (primary N) is 1. The predicted octanol–water partition coefficient (Wildman–Crippen LogP) is 3.13. The lowest BCUT2D eigenvalue weighted by Crippen LogP contribution is -2.58. The molecule has 1 aliphatic rings. The average Bonchev–Trinajstić information content (AvgIpc) is 3.73. The number of benzene rings is 2. The normalized spacial score (nSPS) is 16.0. The van der Waals surface area contributed by atoms with E-state index in [0.29, 0.717) is 12.1 Å². The Kier molecular flexibility index (Phi) is 19.2. The Bertz CT molecular complexity index is 1840. The van der Waals surface area contributed by atoms with E-state index in [4.69, 9.17) is 10.5 Å². The molecule has 0 radical (unpaired) electrons. The molecule has 4 rings (SSSR count). The van der Waals surface area contributed by atoms with E-state index in [2.05, 4.69) is 36.6 Å². The van der Waals surface area contributed by atoms with E-state index in [-0.39, 0.29) is 37.5 Å². The van der Waals surface area contributed by atoms with Crippen molar-refractivity contribution in [2.45, 2.75) is 141 Å². The molecule has 2 aromatic carbocycles. The Morgan fingerprint density at radius 3 is 1.85 bits per heavy atom. The number of hydrogen-bond donors (Lipinski definition) is 8. The van der Waals surface area contributed by atoms with Gasteiger partial charge in [0.1, 0.15) is 24.2 Å². The fraction of sp³-hybridized carbons (Fsp3) is 0.533. The number of aromatic nitrogens is 2. The molecule has 1 aliphatic carbocycles. The lowest BCUT2D eigenvalue weighted by molar-refractivity contribution is -0.133. The van der Waals surface area contributed by atoms with E-state index in [1.807, 2.05) is 74.5 Å². The topological polar surface area (TPSA) is 247 Å². The summed E-state index contributed by atoms with van der Waals surface area (Å²) in [5.74, 6) is -3.03. The average molecular weight is 845 g/mol. The van der Waals surface area contributed by atoms with Crippen LogP contribution in [0.3, 0.4) is 0 Å². The van der Waals surface area contributed by atoms with Crippen molar-refractivity contribution >= 4 is 35.6 Å². The van der Waals surface area contributed by atoms with Gasteiger partial charge in [-0.05, 0) is 49.7 Å². The van der Waals surface area contributed by atoms with Crippen molar-refractivity contribution in [1.82, 2.24) is 36.6 Å². The van der Waals surface area contributed by atoms with E-state index in [0.717, 1.165) is 43.2 Å². The summed E-state index contributed by atoms with van der Waals surface area (Å²) in [5.41, 5.74) is 7.77. The molecule has 3 aromatic rings. The number of aromatic amines is 1. The third-order valence-electron chi connectivity index (χ3n) is 10.6. The highest BCUT2D eigenvalue weighted by Crippen LogP contribution is 2.28.